The summed E-state index contributed by atoms with van der Waals surface area (Å²) in [6.45, 7) is 6.14. The lowest BCUT2D eigenvalue weighted by Crippen LogP contribution is -2.51. The van der Waals surface area contributed by atoms with Crippen molar-refractivity contribution in [1.82, 2.24) is 30.2 Å². The van der Waals surface area contributed by atoms with Crippen molar-refractivity contribution in [3.8, 4) is 5.69 Å². The van der Waals surface area contributed by atoms with E-state index in [0.29, 0.717) is 24.8 Å². The normalized spacial score (nSPS) is 17.8. The number of nitrogens with zero attached hydrogens (tertiary/aromatic N) is 5. The molecule has 128 valence electrons. The van der Waals surface area contributed by atoms with Crippen LogP contribution in [0.15, 0.2) is 36.5 Å². The van der Waals surface area contributed by atoms with Crippen LogP contribution in [-0.2, 0) is 0 Å². The van der Waals surface area contributed by atoms with E-state index in [-0.39, 0.29) is 5.91 Å². The minimum Gasteiger partial charge on any atom is -0.334 e. The third-order valence-electron chi connectivity index (χ3n) is 4.58. The second kappa shape index (κ2) is 6.25. The standard InChI is InChI=1S/C18H20N6O/c1-12-11-23(9-8-19-12)18(25)17-13(2)24(22-21-17)15-5-6-16-14(10-15)4-3-7-20-16/h3-7,10,12,19H,8-9,11H2,1-2H3. The Labute approximate surface area is 145 Å². The Morgan fingerprint density at radius 1 is 1.32 bits per heavy atom. The Balaban J connectivity index is 1.67. The molecule has 1 fully saturated rings. The third kappa shape index (κ3) is 2.87. The molecule has 4 rings (SSSR count). The first-order valence-electron chi connectivity index (χ1n) is 8.43. The molecule has 0 bridgehead atoms. The van der Waals surface area contributed by atoms with Crippen LogP contribution >= 0.6 is 0 Å². The molecule has 25 heavy (non-hydrogen) atoms. The molecule has 0 spiro atoms. The summed E-state index contributed by atoms with van der Waals surface area (Å²) in [5.74, 6) is -0.0560. The number of carbonyl (C=O) groups is 1. The number of hydrogen-bond donors (Lipinski definition) is 1. The summed E-state index contributed by atoms with van der Waals surface area (Å²) in [4.78, 5) is 19.0. The van der Waals surface area contributed by atoms with Gasteiger partial charge in [-0.05, 0) is 38.1 Å². The quantitative estimate of drug-likeness (QED) is 0.768. The molecule has 0 saturated carbocycles. The van der Waals surface area contributed by atoms with Gasteiger partial charge < -0.3 is 10.2 Å². The molecular weight excluding hydrogens is 316 g/mol. The van der Waals surface area contributed by atoms with Gasteiger partial charge in [0.2, 0.25) is 0 Å². The average Bonchev–Trinajstić information content (AvgIpc) is 3.02. The van der Waals surface area contributed by atoms with Gasteiger partial charge in [0.25, 0.3) is 5.91 Å². The van der Waals surface area contributed by atoms with E-state index < -0.39 is 0 Å². The second-order valence-electron chi connectivity index (χ2n) is 6.42. The van der Waals surface area contributed by atoms with Crippen molar-refractivity contribution < 1.29 is 4.79 Å². The lowest BCUT2D eigenvalue weighted by atomic mass is 10.2. The summed E-state index contributed by atoms with van der Waals surface area (Å²) in [7, 11) is 0. The fourth-order valence-corrected chi connectivity index (χ4v) is 3.23. The number of pyridine rings is 1. The lowest BCUT2D eigenvalue weighted by molar-refractivity contribution is 0.0702. The van der Waals surface area contributed by atoms with E-state index >= 15 is 0 Å². The van der Waals surface area contributed by atoms with E-state index in [4.69, 9.17) is 0 Å². The van der Waals surface area contributed by atoms with Gasteiger partial charge in [-0.2, -0.15) is 0 Å². The highest BCUT2D eigenvalue weighted by molar-refractivity contribution is 5.93. The van der Waals surface area contributed by atoms with E-state index in [9.17, 15) is 4.79 Å². The molecule has 1 N–H and O–H groups in total. The van der Waals surface area contributed by atoms with Crippen LogP contribution in [0.5, 0.6) is 0 Å². The Kier molecular flexibility index (Phi) is 3.93. The molecule has 3 aromatic rings. The van der Waals surface area contributed by atoms with Gasteiger partial charge >= 0.3 is 0 Å². The van der Waals surface area contributed by atoms with Gasteiger partial charge in [-0.3, -0.25) is 9.78 Å². The Morgan fingerprint density at radius 3 is 3.04 bits per heavy atom. The van der Waals surface area contributed by atoms with Gasteiger partial charge in [-0.15, -0.1) is 5.10 Å². The number of piperazine rings is 1. The summed E-state index contributed by atoms with van der Waals surface area (Å²) in [6, 6.07) is 10.1. The maximum atomic E-state index is 12.8. The maximum absolute atomic E-state index is 12.8. The zero-order valence-electron chi connectivity index (χ0n) is 14.3. The second-order valence-corrected chi connectivity index (χ2v) is 6.42. The van der Waals surface area contributed by atoms with Crippen LogP contribution in [0.4, 0.5) is 0 Å². The van der Waals surface area contributed by atoms with Crippen LogP contribution < -0.4 is 5.32 Å². The van der Waals surface area contributed by atoms with E-state index in [1.807, 2.05) is 42.2 Å². The van der Waals surface area contributed by atoms with Crippen LogP contribution in [0.25, 0.3) is 16.6 Å². The van der Waals surface area contributed by atoms with Crippen LogP contribution in [0, 0.1) is 6.92 Å². The predicted molar refractivity (Wildman–Crippen MR) is 94.8 cm³/mol. The summed E-state index contributed by atoms with van der Waals surface area (Å²) in [5.41, 5.74) is 2.97. The summed E-state index contributed by atoms with van der Waals surface area (Å²) < 4.78 is 1.71. The van der Waals surface area contributed by atoms with Gasteiger partial charge in [0.1, 0.15) is 0 Å². The molecule has 1 amide bonds. The smallest absolute Gasteiger partial charge is 0.276 e. The number of benzene rings is 1. The van der Waals surface area contributed by atoms with Crippen LogP contribution in [0.1, 0.15) is 23.1 Å². The first-order chi connectivity index (χ1) is 12.1. The molecule has 1 atom stereocenters. The van der Waals surface area contributed by atoms with Crippen molar-refractivity contribution in [2.24, 2.45) is 0 Å². The highest BCUT2D eigenvalue weighted by Crippen LogP contribution is 2.19. The fourth-order valence-electron chi connectivity index (χ4n) is 3.23. The van der Waals surface area contributed by atoms with E-state index in [1.165, 1.54) is 0 Å². The Hall–Kier alpha value is -2.80. The molecule has 0 radical (unpaired) electrons. The molecule has 3 heterocycles. The molecular formula is C18H20N6O. The third-order valence-corrected chi connectivity index (χ3v) is 4.58. The van der Waals surface area contributed by atoms with E-state index in [2.05, 4.69) is 27.5 Å². The topological polar surface area (TPSA) is 75.9 Å². The number of nitrogens with one attached hydrogen (secondary N) is 1. The zero-order valence-corrected chi connectivity index (χ0v) is 14.3. The van der Waals surface area contributed by atoms with E-state index in [1.54, 1.807) is 10.9 Å². The highest BCUT2D eigenvalue weighted by atomic mass is 16.2. The zero-order chi connectivity index (χ0) is 17.4. The molecule has 1 saturated heterocycles. The minimum absolute atomic E-state index is 0.0560. The predicted octanol–water partition coefficient (Wildman–Crippen LogP) is 1.56. The fraction of sp³-hybridized carbons (Fsp3) is 0.333. The molecule has 7 heteroatoms. The van der Waals surface area contributed by atoms with Crippen LogP contribution in [0.3, 0.4) is 0 Å². The Morgan fingerprint density at radius 2 is 2.20 bits per heavy atom. The molecule has 1 unspecified atom stereocenters. The lowest BCUT2D eigenvalue weighted by Gasteiger charge is -2.31. The number of fused-ring (bicyclic) bond motifs is 1. The van der Waals surface area contributed by atoms with Crippen molar-refractivity contribution in [2.45, 2.75) is 19.9 Å². The van der Waals surface area contributed by atoms with Crippen LogP contribution in [-0.4, -0.2) is 56.5 Å². The number of rotatable bonds is 2. The number of amides is 1. The molecule has 0 aliphatic carbocycles. The van der Waals surface area contributed by atoms with Crippen molar-refractivity contribution in [1.29, 1.82) is 0 Å². The van der Waals surface area contributed by atoms with Crippen LogP contribution in [0.2, 0.25) is 0 Å². The van der Waals surface area contributed by atoms with Gasteiger partial charge in [0.05, 0.1) is 16.9 Å². The molecule has 7 nitrogen and oxygen atoms in total. The monoisotopic (exact) mass is 336 g/mol. The number of carbonyl (C=O) groups excluding carboxylic acids is 1. The van der Waals surface area contributed by atoms with Gasteiger partial charge in [0, 0.05) is 37.3 Å². The SMILES string of the molecule is Cc1c(C(=O)N2CCNC(C)C2)nnn1-c1ccc2ncccc2c1. The molecule has 1 aliphatic heterocycles. The van der Waals surface area contributed by atoms with Crippen molar-refractivity contribution in [3.05, 3.63) is 47.9 Å². The van der Waals surface area contributed by atoms with Gasteiger partial charge in [0.15, 0.2) is 5.69 Å². The van der Waals surface area contributed by atoms with E-state index in [0.717, 1.165) is 28.8 Å². The Bertz CT molecular complexity index is 934. The molecule has 1 aliphatic rings. The first-order valence-corrected chi connectivity index (χ1v) is 8.43. The van der Waals surface area contributed by atoms with Gasteiger partial charge in [-0.1, -0.05) is 11.3 Å². The molecule has 1 aromatic carbocycles. The molecule has 2 aromatic heterocycles. The number of aromatic nitrogens is 4. The minimum atomic E-state index is -0.0560. The average molecular weight is 336 g/mol. The highest BCUT2D eigenvalue weighted by Gasteiger charge is 2.26. The van der Waals surface area contributed by atoms with Crippen molar-refractivity contribution >= 4 is 16.8 Å². The largest absolute Gasteiger partial charge is 0.334 e. The van der Waals surface area contributed by atoms with Gasteiger partial charge in [-0.25, -0.2) is 4.68 Å². The summed E-state index contributed by atoms with van der Waals surface area (Å²) in [6.07, 6.45) is 1.77. The van der Waals surface area contributed by atoms with Crippen molar-refractivity contribution in [3.63, 3.8) is 0 Å². The maximum Gasteiger partial charge on any atom is 0.276 e. The summed E-state index contributed by atoms with van der Waals surface area (Å²) in [5, 5.41) is 12.7. The number of hydrogen-bond acceptors (Lipinski definition) is 5. The summed E-state index contributed by atoms with van der Waals surface area (Å²) >= 11 is 0. The first kappa shape index (κ1) is 15.7. The van der Waals surface area contributed by atoms with Crippen molar-refractivity contribution in [2.75, 3.05) is 19.6 Å².